The van der Waals surface area contributed by atoms with Crippen LogP contribution in [-0.4, -0.2) is 11.8 Å². The van der Waals surface area contributed by atoms with E-state index in [0.29, 0.717) is 19.3 Å². The highest BCUT2D eigenvalue weighted by Crippen LogP contribution is 1.98. The first kappa shape index (κ1) is 10.4. The Kier molecular flexibility index (Phi) is 5.35. The standard InChI is InChI=1S/C7H11N3O2/c8-5-10-7(12)4-2-1-3-6(9)11/h1-4H2,(H2,9,11)(H,10,12). The van der Waals surface area contributed by atoms with Crippen molar-refractivity contribution in [1.29, 1.82) is 5.26 Å². The zero-order valence-corrected chi connectivity index (χ0v) is 6.67. The van der Waals surface area contributed by atoms with Gasteiger partial charge in [0, 0.05) is 12.8 Å². The van der Waals surface area contributed by atoms with Gasteiger partial charge in [0.15, 0.2) is 6.19 Å². The van der Waals surface area contributed by atoms with Crippen molar-refractivity contribution in [2.24, 2.45) is 5.73 Å². The van der Waals surface area contributed by atoms with E-state index < -0.39 is 0 Å². The zero-order valence-electron chi connectivity index (χ0n) is 6.67. The molecule has 5 nitrogen and oxygen atoms in total. The molecular weight excluding hydrogens is 158 g/mol. The highest BCUT2D eigenvalue weighted by atomic mass is 16.1. The number of primary amides is 1. The average Bonchev–Trinajstić information content (AvgIpc) is 1.98. The third-order valence-corrected chi connectivity index (χ3v) is 1.27. The number of nitrogens with zero attached hydrogens (tertiary/aromatic N) is 1. The molecule has 0 saturated carbocycles. The SMILES string of the molecule is N#CNC(=O)CCCCC(N)=O. The second-order valence-electron chi connectivity index (χ2n) is 2.33. The van der Waals surface area contributed by atoms with E-state index in [4.69, 9.17) is 11.0 Å². The van der Waals surface area contributed by atoms with E-state index in [1.807, 2.05) is 5.32 Å². The molecule has 5 heteroatoms. The summed E-state index contributed by atoms with van der Waals surface area (Å²) in [6.07, 6.45) is 3.25. The minimum absolute atomic E-state index is 0.265. The van der Waals surface area contributed by atoms with Crippen LogP contribution in [0.4, 0.5) is 0 Å². The highest BCUT2D eigenvalue weighted by Gasteiger charge is 2.00. The van der Waals surface area contributed by atoms with Gasteiger partial charge in [0.05, 0.1) is 0 Å². The topological polar surface area (TPSA) is 96.0 Å². The molecule has 66 valence electrons. The molecule has 0 heterocycles. The molecule has 0 aliphatic heterocycles. The van der Waals surface area contributed by atoms with E-state index in [2.05, 4.69) is 0 Å². The van der Waals surface area contributed by atoms with Crippen LogP contribution in [0, 0.1) is 11.5 Å². The van der Waals surface area contributed by atoms with E-state index in [1.165, 1.54) is 6.19 Å². The molecule has 0 aromatic carbocycles. The fourth-order valence-corrected chi connectivity index (χ4v) is 0.710. The van der Waals surface area contributed by atoms with Gasteiger partial charge in [0.25, 0.3) is 0 Å². The smallest absolute Gasteiger partial charge is 0.232 e. The predicted octanol–water partition coefficient (Wildman–Crippen LogP) is -0.371. The molecule has 0 rings (SSSR count). The summed E-state index contributed by atoms with van der Waals surface area (Å²) >= 11 is 0. The molecule has 0 saturated heterocycles. The van der Waals surface area contributed by atoms with Gasteiger partial charge in [-0.3, -0.25) is 14.9 Å². The Morgan fingerprint density at radius 3 is 2.42 bits per heavy atom. The van der Waals surface area contributed by atoms with Crippen molar-refractivity contribution >= 4 is 11.8 Å². The monoisotopic (exact) mass is 169 g/mol. The molecule has 3 N–H and O–H groups in total. The Morgan fingerprint density at radius 1 is 1.33 bits per heavy atom. The number of hydrogen-bond donors (Lipinski definition) is 2. The van der Waals surface area contributed by atoms with Crippen LogP contribution in [0.2, 0.25) is 0 Å². The number of nitrogens with two attached hydrogens (primary N) is 1. The van der Waals surface area contributed by atoms with Crippen LogP contribution in [0.1, 0.15) is 25.7 Å². The molecule has 0 atom stereocenters. The lowest BCUT2D eigenvalue weighted by atomic mass is 10.2. The molecule has 0 bridgehead atoms. The van der Waals surface area contributed by atoms with Gasteiger partial charge in [-0.25, -0.2) is 0 Å². The van der Waals surface area contributed by atoms with Gasteiger partial charge in [0.2, 0.25) is 11.8 Å². The Hall–Kier alpha value is -1.57. The number of amides is 2. The van der Waals surface area contributed by atoms with Crippen LogP contribution < -0.4 is 11.1 Å². The third kappa shape index (κ3) is 6.55. The van der Waals surface area contributed by atoms with Crippen LogP contribution in [0.15, 0.2) is 0 Å². The number of hydrogen-bond acceptors (Lipinski definition) is 3. The van der Waals surface area contributed by atoms with E-state index in [1.54, 1.807) is 0 Å². The first-order chi connectivity index (χ1) is 5.66. The Morgan fingerprint density at radius 2 is 1.92 bits per heavy atom. The average molecular weight is 169 g/mol. The summed E-state index contributed by atoms with van der Waals surface area (Å²) in [5.41, 5.74) is 4.88. The summed E-state index contributed by atoms with van der Waals surface area (Å²) < 4.78 is 0. The van der Waals surface area contributed by atoms with Gasteiger partial charge >= 0.3 is 0 Å². The van der Waals surface area contributed by atoms with Crippen molar-refractivity contribution in [3.63, 3.8) is 0 Å². The number of nitrogens with one attached hydrogen (secondary N) is 1. The molecule has 0 aliphatic rings. The molecule has 0 fully saturated rings. The minimum atomic E-state index is -0.365. The number of nitriles is 1. The normalized spacial score (nSPS) is 8.58. The third-order valence-electron chi connectivity index (χ3n) is 1.27. The van der Waals surface area contributed by atoms with Crippen molar-refractivity contribution in [3.8, 4) is 6.19 Å². The van der Waals surface area contributed by atoms with Crippen LogP contribution in [0.3, 0.4) is 0 Å². The maximum Gasteiger partial charge on any atom is 0.232 e. The Labute approximate surface area is 70.5 Å². The highest BCUT2D eigenvalue weighted by molar-refractivity contribution is 5.77. The molecule has 0 aromatic heterocycles. The van der Waals surface area contributed by atoms with Crippen molar-refractivity contribution in [2.45, 2.75) is 25.7 Å². The summed E-state index contributed by atoms with van der Waals surface area (Å²) in [6, 6.07) is 0. The number of unbranched alkanes of at least 4 members (excludes halogenated alkanes) is 1. The van der Waals surface area contributed by atoms with Crippen molar-refractivity contribution in [1.82, 2.24) is 5.32 Å². The summed E-state index contributed by atoms with van der Waals surface area (Å²) in [7, 11) is 0. The van der Waals surface area contributed by atoms with Gasteiger partial charge in [-0.05, 0) is 12.8 Å². The number of carbonyl (C=O) groups excluding carboxylic acids is 2. The fourth-order valence-electron chi connectivity index (χ4n) is 0.710. The Balaban J connectivity index is 3.27. The van der Waals surface area contributed by atoms with Gasteiger partial charge in [-0.2, -0.15) is 5.26 Å². The summed E-state index contributed by atoms with van der Waals surface area (Å²) in [5, 5.41) is 10.0. The molecule has 0 aromatic rings. The lowest BCUT2D eigenvalue weighted by Gasteiger charge is -1.96. The quantitative estimate of drug-likeness (QED) is 0.334. The summed E-state index contributed by atoms with van der Waals surface area (Å²) in [5.74, 6) is -0.683. The lowest BCUT2D eigenvalue weighted by Crippen LogP contribution is -2.17. The lowest BCUT2D eigenvalue weighted by molar-refractivity contribution is -0.121. The molecular formula is C7H11N3O2. The maximum absolute atomic E-state index is 10.6. The van der Waals surface area contributed by atoms with Crippen LogP contribution >= 0.6 is 0 Å². The van der Waals surface area contributed by atoms with Crippen LogP contribution in [-0.2, 0) is 9.59 Å². The van der Waals surface area contributed by atoms with Crippen LogP contribution in [0.5, 0.6) is 0 Å². The second kappa shape index (κ2) is 6.16. The van der Waals surface area contributed by atoms with Crippen molar-refractivity contribution in [3.05, 3.63) is 0 Å². The van der Waals surface area contributed by atoms with Gasteiger partial charge in [-0.1, -0.05) is 0 Å². The number of carbonyl (C=O) groups is 2. The van der Waals surface area contributed by atoms with Crippen molar-refractivity contribution in [2.75, 3.05) is 0 Å². The first-order valence-corrected chi connectivity index (χ1v) is 3.63. The predicted molar refractivity (Wildman–Crippen MR) is 41.4 cm³/mol. The maximum atomic E-state index is 10.6. The Bertz CT molecular complexity index is 207. The summed E-state index contributed by atoms with van der Waals surface area (Å²) in [6.45, 7) is 0. The summed E-state index contributed by atoms with van der Waals surface area (Å²) in [4.78, 5) is 20.9. The molecule has 2 amide bonds. The van der Waals surface area contributed by atoms with E-state index >= 15 is 0 Å². The fraction of sp³-hybridized carbons (Fsp3) is 0.571. The van der Waals surface area contributed by atoms with Gasteiger partial charge in [0.1, 0.15) is 0 Å². The van der Waals surface area contributed by atoms with E-state index in [0.717, 1.165) is 0 Å². The minimum Gasteiger partial charge on any atom is -0.370 e. The van der Waals surface area contributed by atoms with E-state index in [-0.39, 0.29) is 18.2 Å². The molecule has 0 radical (unpaired) electrons. The number of rotatable bonds is 5. The van der Waals surface area contributed by atoms with Gasteiger partial charge < -0.3 is 5.73 Å². The largest absolute Gasteiger partial charge is 0.370 e. The first-order valence-electron chi connectivity index (χ1n) is 3.63. The zero-order chi connectivity index (χ0) is 9.40. The molecule has 0 aliphatic carbocycles. The molecule has 0 unspecified atom stereocenters. The molecule has 12 heavy (non-hydrogen) atoms. The van der Waals surface area contributed by atoms with E-state index in [9.17, 15) is 9.59 Å². The van der Waals surface area contributed by atoms with Crippen molar-refractivity contribution < 1.29 is 9.59 Å². The molecule has 0 spiro atoms. The van der Waals surface area contributed by atoms with Gasteiger partial charge in [-0.15, -0.1) is 0 Å². The second-order valence-corrected chi connectivity index (χ2v) is 2.33. The van der Waals surface area contributed by atoms with Crippen LogP contribution in [0.25, 0.3) is 0 Å².